The highest BCUT2D eigenvalue weighted by Crippen LogP contribution is 2.37. The molecule has 2 heteroatoms. The van der Waals surface area contributed by atoms with Gasteiger partial charge in [0, 0.05) is 34.8 Å². The van der Waals surface area contributed by atoms with E-state index in [9.17, 15) is 4.79 Å². The van der Waals surface area contributed by atoms with E-state index in [1.54, 1.807) is 0 Å². The number of benzene rings is 2. The standard InChI is InChI=1S/C24H27NO/c1-4-5-12-25-16-21(20-8-6-7-9-22(20)25)23(26)17-10-11-18-14-24(2,3)15-19(18)13-17/h6-11,13,16H,4-5,12,14-15H2,1-3H3. The zero-order valence-electron chi connectivity index (χ0n) is 16.0. The molecule has 4 rings (SSSR count). The Balaban J connectivity index is 1.73. The maximum absolute atomic E-state index is 13.3. The lowest BCUT2D eigenvalue weighted by Gasteiger charge is -2.14. The van der Waals surface area contributed by atoms with Crippen LogP contribution < -0.4 is 0 Å². The summed E-state index contributed by atoms with van der Waals surface area (Å²) in [4.78, 5) is 13.3. The molecule has 0 radical (unpaired) electrons. The second kappa shape index (κ2) is 6.42. The molecule has 1 aliphatic carbocycles. The van der Waals surface area contributed by atoms with Crippen LogP contribution in [0.4, 0.5) is 0 Å². The third-order valence-electron chi connectivity index (χ3n) is 5.59. The molecule has 2 nitrogen and oxygen atoms in total. The lowest BCUT2D eigenvalue weighted by molar-refractivity contribution is 0.104. The van der Waals surface area contributed by atoms with Crippen LogP contribution in [-0.4, -0.2) is 10.4 Å². The fraction of sp³-hybridized carbons (Fsp3) is 0.375. The van der Waals surface area contributed by atoms with E-state index in [-0.39, 0.29) is 5.78 Å². The van der Waals surface area contributed by atoms with Crippen LogP contribution in [0.1, 0.15) is 60.7 Å². The minimum absolute atomic E-state index is 0.143. The number of aryl methyl sites for hydroxylation is 1. The molecule has 1 heterocycles. The highest BCUT2D eigenvalue weighted by Gasteiger charge is 2.29. The average molecular weight is 345 g/mol. The number of carbonyl (C=O) groups excluding carboxylic acids is 1. The Hall–Kier alpha value is -2.35. The monoisotopic (exact) mass is 345 g/mol. The number of ketones is 1. The van der Waals surface area contributed by atoms with E-state index in [0.717, 1.165) is 54.3 Å². The van der Waals surface area contributed by atoms with Crippen LogP contribution in [0.5, 0.6) is 0 Å². The van der Waals surface area contributed by atoms with Crippen molar-refractivity contribution in [2.45, 2.75) is 53.0 Å². The first-order valence-electron chi connectivity index (χ1n) is 9.73. The third-order valence-corrected chi connectivity index (χ3v) is 5.59. The van der Waals surface area contributed by atoms with Crippen molar-refractivity contribution in [2.75, 3.05) is 0 Å². The van der Waals surface area contributed by atoms with E-state index in [4.69, 9.17) is 0 Å². The minimum atomic E-state index is 0.143. The molecule has 0 aliphatic heterocycles. The lowest BCUT2D eigenvalue weighted by atomic mass is 9.90. The van der Waals surface area contributed by atoms with E-state index < -0.39 is 0 Å². The number of para-hydroxylation sites is 1. The number of unbranched alkanes of at least 4 members (excludes halogenated alkanes) is 1. The predicted molar refractivity (Wildman–Crippen MR) is 108 cm³/mol. The number of nitrogens with zero attached hydrogens (tertiary/aromatic N) is 1. The molecular formula is C24H27NO. The van der Waals surface area contributed by atoms with Crippen molar-refractivity contribution >= 4 is 16.7 Å². The molecule has 0 atom stereocenters. The number of carbonyl (C=O) groups is 1. The number of hydrogen-bond acceptors (Lipinski definition) is 1. The molecule has 134 valence electrons. The van der Waals surface area contributed by atoms with Crippen LogP contribution in [0.25, 0.3) is 10.9 Å². The first-order chi connectivity index (χ1) is 12.5. The zero-order chi connectivity index (χ0) is 18.3. The van der Waals surface area contributed by atoms with Crippen molar-refractivity contribution in [3.05, 3.63) is 70.9 Å². The quantitative estimate of drug-likeness (QED) is 0.536. The van der Waals surface area contributed by atoms with Crippen LogP contribution in [0.2, 0.25) is 0 Å². The van der Waals surface area contributed by atoms with Crippen molar-refractivity contribution in [1.29, 1.82) is 0 Å². The second-order valence-electron chi connectivity index (χ2n) is 8.44. The molecule has 0 spiro atoms. The van der Waals surface area contributed by atoms with Gasteiger partial charge in [-0.1, -0.05) is 57.5 Å². The van der Waals surface area contributed by atoms with Gasteiger partial charge in [-0.3, -0.25) is 4.79 Å². The number of aromatic nitrogens is 1. The molecule has 0 saturated carbocycles. The van der Waals surface area contributed by atoms with Crippen molar-refractivity contribution in [3.63, 3.8) is 0 Å². The van der Waals surface area contributed by atoms with Crippen molar-refractivity contribution in [2.24, 2.45) is 5.41 Å². The molecule has 1 aromatic heterocycles. The predicted octanol–water partition coefficient (Wildman–Crippen LogP) is 5.80. The highest BCUT2D eigenvalue weighted by atomic mass is 16.1. The Bertz CT molecular complexity index is 977. The molecule has 0 fully saturated rings. The Morgan fingerprint density at radius 1 is 1.08 bits per heavy atom. The summed E-state index contributed by atoms with van der Waals surface area (Å²) >= 11 is 0. The van der Waals surface area contributed by atoms with Gasteiger partial charge in [0.15, 0.2) is 5.78 Å². The maximum atomic E-state index is 13.3. The Morgan fingerprint density at radius 2 is 1.85 bits per heavy atom. The first-order valence-corrected chi connectivity index (χ1v) is 9.73. The van der Waals surface area contributed by atoms with Gasteiger partial charge >= 0.3 is 0 Å². The Morgan fingerprint density at radius 3 is 2.65 bits per heavy atom. The molecular weight excluding hydrogens is 318 g/mol. The van der Waals surface area contributed by atoms with Gasteiger partial charge in [-0.15, -0.1) is 0 Å². The van der Waals surface area contributed by atoms with Gasteiger partial charge in [0.2, 0.25) is 0 Å². The van der Waals surface area contributed by atoms with E-state index in [2.05, 4.69) is 61.9 Å². The number of rotatable bonds is 5. The summed E-state index contributed by atoms with van der Waals surface area (Å²) in [5, 5.41) is 1.06. The van der Waals surface area contributed by atoms with E-state index in [1.165, 1.54) is 11.1 Å². The van der Waals surface area contributed by atoms with Crippen LogP contribution in [0.3, 0.4) is 0 Å². The SMILES string of the molecule is CCCCn1cc(C(=O)c2ccc3c(c2)CC(C)(C)C3)c2ccccc21. The fourth-order valence-corrected chi connectivity index (χ4v) is 4.29. The molecule has 26 heavy (non-hydrogen) atoms. The molecule has 2 aromatic carbocycles. The smallest absolute Gasteiger partial charge is 0.195 e. The van der Waals surface area contributed by atoms with Gasteiger partial charge in [-0.05, 0) is 47.9 Å². The van der Waals surface area contributed by atoms with E-state index >= 15 is 0 Å². The van der Waals surface area contributed by atoms with Gasteiger partial charge in [0.05, 0.1) is 0 Å². The topological polar surface area (TPSA) is 22.0 Å². The van der Waals surface area contributed by atoms with Crippen molar-refractivity contribution in [1.82, 2.24) is 4.57 Å². The van der Waals surface area contributed by atoms with Gasteiger partial charge in [0.25, 0.3) is 0 Å². The minimum Gasteiger partial charge on any atom is -0.347 e. The summed E-state index contributed by atoms with van der Waals surface area (Å²) in [6.07, 6.45) is 6.49. The van der Waals surface area contributed by atoms with Gasteiger partial charge in [0.1, 0.15) is 0 Å². The summed E-state index contributed by atoms with van der Waals surface area (Å²) in [7, 11) is 0. The second-order valence-corrected chi connectivity index (χ2v) is 8.44. The zero-order valence-corrected chi connectivity index (χ0v) is 16.0. The fourth-order valence-electron chi connectivity index (χ4n) is 4.29. The Kier molecular flexibility index (Phi) is 4.22. The molecule has 0 amide bonds. The summed E-state index contributed by atoms with van der Waals surface area (Å²) < 4.78 is 2.24. The Labute approximate surface area is 155 Å². The maximum Gasteiger partial charge on any atom is 0.195 e. The van der Waals surface area contributed by atoms with Crippen LogP contribution in [0, 0.1) is 5.41 Å². The van der Waals surface area contributed by atoms with Crippen LogP contribution >= 0.6 is 0 Å². The van der Waals surface area contributed by atoms with Gasteiger partial charge < -0.3 is 4.57 Å². The summed E-state index contributed by atoms with van der Waals surface area (Å²) in [6.45, 7) is 7.76. The largest absolute Gasteiger partial charge is 0.347 e. The van der Waals surface area contributed by atoms with E-state index in [0.29, 0.717) is 5.41 Å². The lowest BCUT2D eigenvalue weighted by Crippen LogP contribution is -2.09. The molecule has 1 aliphatic rings. The highest BCUT2D eigenvalue weighted by molar-refractivity contribution is 6.16. The van der Waals surface area contributed by atoms with Crippen molar-refractivity contribution < 1.29 is 4.79 Å². The number of hydrogen-bond donors (Lipinski definition) is 0. The summed E-state index contributed by atoms with van der Waals surface area (Å²) in [5.41, 5.74) is 5.85. The third kappa shape index (κ3) is 2.98. The average Bonchev–Trinajstić information content (AvgIpc) is 3.14. The molecule has 0 unspecified atom stereocenters. The van der Waals surface area contributed by atoms with E-state index in [1.807, 2.05) is 12.1 Å². The molecule has 0 bridgehead atoms. The van der Waals surface area contributed by atoms with Crippen LogP contribution in [-0.2, 0) is 19.4 Å². The van der Waals surface area contributed by atoms with Crippen LogP contribution in [0.15, 0.2) is 48.7 Å². The van der Waals surface area contributed by atoms with Crippen molar-refractivity contribution in [3.8, 4) is 0 Å². The summed E-state index contributed by atoms with van der Waals surface area (Å²) in [6, 6.07) is 14.6. The molecule has 0 saturated heterocycles. The molecule has 3 aromatic rings. The first kappa shape index (κ1) is 17.1. The van der Waals surface area contributed by atoms with Gasteiger partial charge in [-0.25, -0.2) is 0 Å². The number of fused-ring (bicyclic) bond motifs is 2. The van der Waals surface area contributed by atoms with Gasteiger partial charge in [-0.2, -0.15) is 0 Å². The normalized spacial score (nSPS) is 15.3. The molecule has 0 N–H and O–H groups in total. The summed E-state index contributed by atoms with van der Waals surface area (Å²) in [5.74, 6) is 0.143.